The molecular formula is C10H18N2O2S. The van der Waals surface area contributed by atoms with E-state index in [0.29, 0.717) is 0 Å². The number of hydrogen-bond acceptors (Lipinski definition) is 3. The highest BCUT2D eigenvalue weighted by Gasteiger charge is 2.34. The molecule has 0 spiro atoms. The predicted octanol–water partition coefficient (Wildman–Crippen LogP) is 1.25. The van der Waals surface area contributed by atoms with E-state index in [1.807, 2.05) is 26.8 Å². The molecule has 86 valence electrons. The Labute approximate surface area is 91.7 Å². The van der Waals surface area contributed by atoms with Gasteiger partial charge in [-0.05, 0) is 24.2 Å². The molecule has 1 saturated carbocycles. The molecule has 15 heavy (non-hydrogen) atoms. The van der Waals surface area contributed by atoms with E-state index < -0.39 is 16.1 Å². The van der Waals surface area contributed by atoms with Crippen molar-refractivity contribution in [1.82, 2.24) is 4.72 Å². The molecule has 5 heteroatoms. The van der Waals surface area contributed by atoms with E-state index in [2.05, 4.69) is 4.72 Å². The van der Waals surface area contributed by atoms with Crippen molar-refractivity contribution in [3.05, 3.63) is 0 Å². The fraction of sp³-hybridized carbons (Fsp3) is 0.900. The molecule has 0 aliphatic heterocycles. The van der Waals surface area contributed by atoms with Gasteiger partial charge in [-0.15, -0.1) is 0 Å². The molecule has 1 N–H and O–H groups in total. The monoisotopic (exact) mass is 230 g/mol. The van der Waals surface area contributed by atoms with Crippen molar-refractivity contribution >= 4 is 10.0 Å². The Hall–Kier alpha value is -0.600. The normalized spacial score (nSPS) is 19.6. The number of nitrogens with one attached hydrogen (secondary N) is 1. The summed E-state index contributed by atoms with van der Waals surface area (Å²) in [6.07, 6.45) is 1.91. The molecule has 1 aliphatic rings. The first-order valence-electron chi connectivity index (χ1n) is 5.13. The van der Waals surface area contributed by atoms with Gasteiger partial charge in [-0.1, -0.05) is 20.8 Å². The molecule has 0 amide bonds. The van der Waals surface area contributed by atoms with Crippen LogP contribution in [0.3, 0.4) is 0 Å². The summed E-state index contributed by atoms with van der Waals surface area (Å²) >= 11 is 0. The van der Waals surface area contributed by atoms with Gasteiger partial charge >= 0.3 is 0 Å². The maximum absolute atomic E-state index is 11.7. The fourth-order valence-electron chi connectivity index (χ4n) is 1.46. The van der Waals surface area contributed by atoms with E-state index >= 15 is 0 Å². The molecule has 1 rings (SSSR count). The van der Waals surface area contributed by atoms with Crippen molar-refractivity contribution in [3.63, 3.8) is 0 Å². The number of sulfonamides is 1. The largest absolute Gasteiger partial charge is 0.213 e. The van der Waals surface area contributed by atoms with Gasteiger partial charge in [0.1, 0.15) is 6.04 Å². The quantitative estimate of drug-likeness (QED) is 0.790. The first-order chi connectivity index (χ1) is 6.73. The third-order valence-corrected chi connectivity index (χ3v) is 4.02. The van der Waals surface area contributed by atoms with Gasteiger partial charge in [0.15, 0.2) is 0 Å². The van der Waals surface area contributed by atoms with Crippen LogP contribution in [0.5, 0.6) is 0 Å². The third-order valence-electron chi connectivity index (χ3n) is 2.16. The van der Waals surface area contributed by atoms with E-state index in [1.54, 1.807) is 0 Å². The van der Waals surface area contributed by atoms with Gasteiger partial charge in [-0.25, -0.2) is 8.42 Å². The molecule has 0 aromatic rings. The van der Waals surface area contributed by atoms with Gasteiger partial charge in [-0.2, -0.15) is 9.98 Å². The molecule has 4 nitrogen and oxygen atoms in total. The van der Waals surface area contributed by atoms with Crippen molar-refractivity contribution in [2.24, 2.45) is 11.3 Å². The molecule has 0 radical (unpaired) electrons. The van der Waals surface area contributed by atoms with Gasteiger partial charge in [-0.3, -0.25) is 0 Å². The summed E-state index contributed by atoms with van der Waals surface area (Å²) in [5.74, 6) is 0.287. The topological polar surface area (TPSA) is 70.0 Å². The smallest absolute Gasteiger partial charge is 0.212 e. The highest BCUT2D eigenvalue weighted by molar-refractivity contribution is 7.89. The van der Waals surface area contributed by atoms with Crippen LogP contribution in [0.2, 0.25) is 0 Å². The summed E-state index contributed by atoms with van der Waals surface area (Å²) < 4.78 is 25.8. The second-order valence-corrected chi connectivity index (χ2v) is 7.14. The average Bonchev–Trinajstić information content (AvgIpc) is 2.77. The number of rotatable bonds is 4. The second kappa shape index (κ2) is 4.11. The lowest BCUT2D eigenvalue weighted by Gasteiger charge is -2.19. The molecule has 0 saturated heterocycles. The highest BCUT2D eigenvalue weighted by Crippen LogP contribution is 2.32. The van der Waals surface area contributed by atoms with Crippen molar-refractivity contribution < 1.29 is 8.42 Å². The minimum Gasteiger partial charge on any atom is -0.212 e. The van der Waals surface area contributed by atoms with Crippen molar-refractivity contribution in [2.45, 2.75) is 39.7 Å². The van der Waals surface area contributed by atoms with E-state index in [-0.39, 0.29) is 17.1 Å². The lowest BCUT2D eigenvalue weighted by Crippen LogP contribution is -2.39. The van der Waals surface area contributed by atoms with Crippen molar-refractivity contribution in [1.29, 1.82) is 5.26 Å². The minimum absolute atomic E-state index is 0.0604. The summed E-state index contributed by atoms with van der Waals surface area (Å²) in [6, 6.07) is 1.49. The number of nitriles is 1. The SMILES string of the molecule is CC(C)(C)CS(=O)(=O)NC(C#N)C1CC1. The Balaban J connectivity index is 2.59. The predicted molar refractivity (Wildman–Crippen MR) is 58.5 cm³/mol. The first kappa shape index (κ1) is 12.5. The fourth-order valence-corrected chi connectivity index (χ4v) is 3.32. The molecule has 0 bridgehead atoms. The molecule has 1 unspecified atom stereocenters. The summed E-state index contributed by atoms with van der Waals surface area (Å²) in [5.41, 5.74) is -0.282. The van der Waals surface area contributed by atoms with Crippen LogP contribution in [-0.2, 0) is 10.0 Å². The Bertz CT molecular complexity index is 358. The molecule has 0 aromatic heterocycles. The zero-order valence-corrected chi connectivity index (χ0v) is 10.3. The lowest BCUT2D eigenvalue weighted by molar-refractivity contribution is 0.455. The van der Waals surface area contributed by atoms with Gasteiger partial charge in [0, 0.05) is 0 Å². The summed E-state index contributed by atoms with van der Waals surface area (Å²) in [7, 11) is -3.33. The van der Waals surface area contributed by atoms with Gasteiger partial charge in [0.2, 0.25) is 10.0 Å². The second-order valence-electron chi connectivity index (χ2n) is 5.38. The van der Waals surface area contributed by atoms with Gasteiger partial charge < -0.3 is 0 Å². The number of nitrogens with zero attached hydrogens (tertiary/aromatic N) is 1. The Morgan fingerprint density at radius 1 is 1.47 bits per heavy atom. The molecule has 0 heterocycles. The molecule has 1 fully saturated rings. The van der Waals surface area contributed by atoms with Crippen LogP contribution in [0.1, 0.15) is 33.6 Å². The molecule has 1 aliphatic carbocycles. The average molecular weight is 230 g/mol. The lowest BCUT2D eigenvalue weighted by atomic mass is 10.0. The van der Waals surface area contributed by atoms with Crippen LogP contribution in [-0.4, -0.2) is 20.2 Å². The zero-order valence-electron chi connectivity index (χ0n) is 9.45. The van der Waals surface area contributed by atoms with Gasteiger partial charge in [0.25, 0.3) is 0 Å². The van der Waals surface area contributed by atoms with Gasteiger partial charge in [0.05, 0.1) is 11.8 Å². The van der Waals surface area contributed by atoms with E-state index in [9.17, 15) is 8.42 Å². The zero-order chi connectivity index (χ0) is 11.7. The number of hydrogen-bond donors (Lipinski definition) is 1. The highest BCUT2D eigenvalue weighted by atomic mass is 32.2. The molecule has 1 atom stereocenters. The summed E-state index contributed by atoms with van der Waals surface area (Å²) in [4.78, 5) is 0. The van der Waals surface area contributed by atoms with E-state index in [4.69, 9.17) is 5.26 Å². The Kier molecular flexibility index (Phi) is 3.41. The Morgan fingerprint density at radius 2 is 2.00 bits per heavy atom. The van der Waals surface area contributed by atoms with Crippen LogP contribution < -0.4 is 4.72 Å². The van der Waals surface area contributed by atoms with E-state index in [1.165, 1.54) is 0 Å². The summed E-state index contributed by atoms with van der Waals surface area (Å²) in [5, 5.41) is 8.82. The minimum atomic E-state index is -3.33. The van der Waals surface area contributed by atoms with Crippen LogP contribution in [0.25, 0.3) is 0 Å². The van der Waals surface area contributed by atoms with Crippen LogP contribution in [0.4, 0.5) is 0 Å². The van der Waals surface area contributed by atoms with Crippen LogP contribution in [0, 0.1) is 22.7 Å². The first-order valence-corrected chi connectivity index (χ1v) is 6.78. The van der Waals surface area contributed by atoms with Crippen LogP contribution >= 0.6 is 0 Å². The van der Waals surface area contributed by atoms with Crippen LogP contribution in [0.15, 0.2) is 0 Å². The molecular weight excluding hydrogens is 212 g/mol. The maximum Gasteiger partial charge on any atom is 0.213 e. The van der Waals surface area contributed by atoms with E-state index in [0.717, 1.165) is 12.8 Å². The third kappa shape index (κ3) is 4.63. The van der Waals surface area contributed by atoms with Crippen molar-refractivity contribution in [3.8, 4) is 6.07 Å². The molecule has 0 aromatic carbocycles. The Morgan fingerprint density at radius 3 is 2.33 bits per heavy atom. The summed E-state index contributed by atoms with van der Waals surface area (Å²) in [6.45, 7) is 5.60. The maximum atomic E-state index is 11.7. The van der Waals surface area contributed by atoms with Crippen molar-refractivity contribution in [2.75, 3.05) is 5.75 Å². The standard InChI is InChI=1S/C10H18N2O2S/c1-10(2,3)7-15(13,14)12-9(6-11)8-4-5-8/h8-9,12H,4-5,7H2,1-3H3.